The average molecular weight is 365 g/mol. The fraction of sp³-hybridized carbons (Fsp3) is 0.364. The van der Waals surface area contributed by atoms with Crippen molar-refractivity contribution in [1.82, 2.24) is 5.48 Å². The van der Waals surface area contributed by atoms with Gasteiger partial charge < -0.3 is 9.57 Å². The molecule has 0 aliphatic heterocycles. The van der Waals surface area contributed by atoms with Crippen LogP contribution < -0.4 is 5.48 Å². The lowest BCUT2D eigenvalue weighted by atomic mass is 9.89. The molecular weight excluding hydrogens is 342 g/mol. The van der Waals surface area contributed by atoms with Crippen LogP contribution in [0.25, 0.3) is 11.1 Å². The van der Waals surface area contributed by atoms with Crippen molar-refractivity contribution in [1.29, 1.82) is 0 Å². The summed E-state index contributed by atoms with van der Waals surface area (Å²) in [6, 6.07) is 16.3. The minimum absolute atomic E-state index is 0.0165. The number of hydroxylamine groups is 1. The lowest BCUT2D eigenvalue weighted by molar-refractivity contribution is -0.156. The van der Waals surface area contributed by atoms with Gasteiger partial charge in [-0.15, -0.1) is 5.48 Å². The number of amides is 1. The largest absolute Gasteiger partial charge is 0.446 e. The number of rotatable bonds is 3. The number of carbonyl (C=O) groups is 2. The van der Waals surface area contributed by atoms with Crippen LogP contribution in [0.2, 0.25) is 0 Å². The number of nitrogens with one attached hydrogen (secondary N) is 1. The number of carbonyl (C=O) groups excluding carboxylic acids is 2. The molecule has 2 aromatic rings. The second kappa shape index (κ2) is 7.82. The Morgan fingerprint density at radius 1 is 0.889 bits per heavy atom. The lowest BCUT2D eigenvalue weighted by Crippen LogP contribution is -2.32. The zero-order chi connectivity index (χ0) is 18.6. The van der Waals surface area contributed by atoms with Crippen LogP contribution in [0.3, 0.4) is 0 Å². The molecule has 0 bridgehead atoms. The molecule has 1 saturated carbocycles. The second-order valence-corrected chi connectivity index (χ2v) is 7.18. The van der Waals surface area contributed by atoms with E-state index >= 15 is 0 Å². The van der Waals surface area contributed by atoms with Crippen LogP contribution in [0.1, 0.15) is 49.1 Å². The Labute approximate surface area is 158 Å². The predicted molar refractivity (Wildman–Crippen MR) is 101 cm³/mol. The summed E-state index contributed by atoms with van der Waals surface area (Å²) >= 11 is 0. The molecule has 1 fully saturated rings. The van der Waals surface area contributed by atoms with E-state index in [4.69, 9.17) is 9.57 Å². The van der Waals surface area contributed by atoms with Crippen molar-refractivity contribution in [2.45, 2.75) is 38.0 Å². The number of ether oxygens (including phenoxy) is 1. The highest BCUT2D eigenvalue weighted by Gasteiger charge is 2.29. The smallest absolute Gasteiger partial charge is 0.440 e. The van der Waals surface area contributed by atoms with Crippen molar-refractivity contribution in [3.05, 3.63) is 59.7 Å². The van der Waals surface area contributed by atoms with Gasteiger partial charge in [-0.3, -0.25) is 0 Å². The van der Waals surface area contributed by atoms with Crippen molar-refractivity contribution in [2.75, 3.05) is 6.61 Å². The minimum atomic E-state index is -0.735. The van der Waals surface area contributed by atoms with Gasteiger partial charge in [0, 0.05) is 5.92 Å². The summed E-state index contributed by atoms with van der Waals surface area (Å²) in [5, 5.41) is 0. The predicted octanol–water partition coefficient (Wildman–Crippen LogP) is 4.56. The first-order valence-electron chi connectivity index (χ1n) is 9.55. The fourth-order valence-electron chi connectivity index (χ4n) is 4.14. The summed E-state index contributed by atoms with van der Waals surface area (Å²) < 4.78 is 5.35. The molecule has 2 aromatic carbocycles. The maximum absolute atomic E-state index is 12.0. The van der Waals surface area contributed by atoms with E-state index in [2.05, 4.69) is 29.7 Å². The Bertz CT molecular complexity index is 796. The summed E-state index contributed by atoms with van der Waals surface area (Å²) in [5.41, 5.74) is 6.77. The quantitative estimate of drug-likeness (QED) is 0.810. The molecule has 0 radical (unpaired) electrons. The van der Waals surface area contributed by atoms with Gasteiger partial charge in [0.15, 0.2) is 0 Å². The van der Waals surface area contributed by atoms with Gasteiger partial charge in [-0.05, 0) is 35.1 Å². The van der Waals surface area contributed by atoms with Crippen molar-refractivity contribution in [3.63, 3.8) is 0 Å². The molecule has 5 nitrogen and oxygen atoms in total. The number of benzene rings is 2. The Hall–Kier alpha value is -2.82. The zero-order valence-corrected chi connectivity index (χ0v) is 15.1. The zero-order valence-electron chi connectivity index (χ0n) is 15.1. The summed E-state index contributed by atoms with van der Waals surface area (Å²) in [6.07, 6.45) is 4.14. The van der Waals surface area contributed by atoms with Gasteiger partial charge in [-0.25, -0.2) is 9.59 Å². The SMILES string of the molecule is O=C(NOC(=O)C1CCCCC1)OCC1c2ccccc2-c2ccccc21. The van der Waals surface area contributed by atoms with Crippen molar-refractivity contribution < 1.29 is 19.2 Å². The van der Waals surface area contributed by atoms with Crippen LogP contribution in [0.15, 0.2) is 48.5 Å². The average Bonchev–Trinajstić information content (AvgIpc) is 3.05. The normalized spacial score (nSPS) is 16.3. The highest BCUT2D eigenvalue weighted by Crippen LogP contribution is 2.44. The highest BCUT2D eigenvalue weighted by atomic mass is 16.7. The molecule has 0 unspecified atom stereocenters. The van der Waals surface area contributed by atoms with E-state index in [0.29, 0.717) is 0 Å². The van der Waals surface area contributed by atoms with E-state index in [9.17, 15) is 9.59 Å². The monoisotopic (exact) mass is 365 g/mol. The van der Waals surface area contributed by atoms with Crippen molar-refractivity contribution in [2.24, 2.45) is 5.92 Å². The Kier molecular flexibility index (Phi) is 5.10. The highest BCUT2D eigenvalue weighted by molar-refractivity contribution is 5.79. The van der Waals surface area contributed by atoms with Crippen molar-refractivity contribution >= 4 is 12.1 Å². The molecule has 0 spiro atoms. The maximum Gasteiger partial charge on any atom is 0.440 e. The van der Waals surface area contributed by atoms with Crippen LogP contribution in [0.4, 0.5) is 4.79 Å². The summed E-state index contributed by atoms with van der Waals surface area (Å²) in [4.78, 5) is 28.9. The van der Waals surface area contributed by atoms with Crippen LogP contribution >= 0.6 is 0 Å². The van der Waals surface area contributed by atoms with E-state index in [1.54, 1.807) is 0 Å². The van der Waals surface area contributed by atoms with Crippen LogP contribution in [-0.2, 0) is 14.4 Å². The van der Waals surface area contributed by atoms with Gasteiger partial charge >= 0.3 is 12.1 Å². The minimum Gasteiger partial charge on any atom is -0.446 e. The molecule has 0 saturated heterocycles. The Morgan fingerprint density at radius 2 is 1.48 bits per heavy atom. The lowest BCUT2D eigenvalue weighted by Gasteiger charge is -2.19. The summed E-state index contributed by atoms with van der Waals surface area (Å²) in [6.45, 7) is 0.195. The van der Waals surface area contributed by atoms with Gasteiger partial charge in [0.2, 0.25) is 0 Å². The van der Waals surface area contributed by atoms with E-state index in [1.165, 1.54) is 11.1 Å². The van der Waals surface area contributed by atoms with E-state index in [1.807, 2.05) is 24.3 Å². The molecule has 140 valence electrons. The molecule has 2 aliphatic carbocycles. The fourth-order valence-corrected chi connectivity index (χ4v) is 4.14. The summed E-state index contributed by atoms with van der Waals surface area (Å²) in [5.74, 6) is -0.506. The topological polar surface area (TPSA) is 64.6 Å². The van der Waals surface area contributed by atoms with Gasteiger partial charge in [-0.2, -0.15) is 0 Å². The molecule has 2 aliphatic rings. The van der Waals surface area contributed by atoms with E-state index in [-0.39, 0.29) is 24.4 Å². The first kappa shape index (κ1) is 17.6. The number of fused-ring (bicyclic) bond motifs is 3. The van der Waals surface area contributed by atoms with Crippen molar-refractivity contribution in [3.8, 4) is 11.1 Å². The molecule has 5 heteroatoms. The van der Waals surface area contributed by atoms with Gasteiger partial charge in [-0.1, -0.05) is 67.8 Å². The van der Waals surface area contributed by atoms with Crippen LogP contribution in [-0.4, -0.2) is 18.7 Å². The van der Waals surface area contributed by atoms with E-state index in [0.717, 1.165) is 43.2 Å². The second-order valence-electron chi connectivity index (χ2n) is 7.18. The summed E-state index contributed by atoms with van der Waals surface area (Å²) in [7, 11) is 0. The molecule has 0 aromatic heterocycles. The Morgan fingerprint density at radius 3 is 2.11 bits per heavy atom. The molecule has 27 heavy (non-hydrogen) atoms. The molecule has 0 heterocycles. The number of hydrogen-bond acceptors (Lipinski definition) is 4. The Balaban J connectivity index is 1.34. The number of hydrogen-bond donors (Lipinski definition) is 1. The standard InChI is InChI=1S/C22H23NO4/c24-21(15-8-2-1-3-9-15)27-23-22(25)26-14-20-18-12-6-4-10-16(18)17-11-5-7-13-19(17)20/h4-7,10-13,15,20H,1-3,8-9,14H2,(H,23,25). The maximum atomic E-state index is 12.0. The van der Waals surface area contributed by atoms with Gasteiger partial charge in [0.25, 0.3) is 0 Å². The molecular formula is C22H23NO4. The third kappa shape index (κ3) is 3.68. The third-order valence-corrected chi connectivity index (χ3v) is 5.52. The molecule has 1 amide bonds. The van der Waals surface area contributed by atoms with Gasteiger partial charge in [0.1, 0.15) is 6.61 Å². The van der Waals surface area contributed by atoms with Crippen LogP contribution in [0, 0.1) is 5.92 Å². The third-order valence-electron chi connectivity index (χ3n) is 5.52. The van der Waals surface area contributed by atoms with E-state index < -0.39 is 6.09 Å². The molecule has 4 rings (SSSR count). The molecule has 0 atom stereocenters. The van der Waals surface area contributed by atoms with Crippen LogP contribution in [0.5, 0.6) is 0 Å². The first-order valence-corrected chi connectivity index (χ1v) is 9.55. The van der Waals surface area contributed by atoms with Gasteiger partial charge in [0.05, 0.1) is 5.92 Å². The molecule has 1 N–H and O–H groups in total. The first-order chi connectivity index (χ1) is 13.2.